The standard InChI is InChI=1S/C12H19NO4S/c1-9-5-6-11(17-4)12(7-9)18(15,16)13(3)10(2)8-14/h5-7,10,14H,8H2,1-4H3. The van der Waals surface area contributed by atoms with Crippen LogP contribution in [-0.4, -0.2) is 44.6 Å². The van der Waals surface area contributed by atoms with Crippen molar-refractivity contribution < 1.29 is 18.3 Å². The summed E-state index contributed by atoms with van der Waals surface area (Å²) in [6, 6.07) is 4.49. The van der Waals surface area contributed by atoms with Crippen molar-refractivity contribution in [3.8, 4) is 5.75 Å². The number of benzene rings is 1. The highest BCUT2D eigenvalue weighted by Gasteiger charge is 2.28. The molecule has 0 bridgehead atoms. The van der Waals surface area contributed by atoms with Crippen LogP contribution < -0.4 is 4.74 Å². The van der Waals surface area contributed by atoms with E-state index in [0.29, 0.717) is 5.75 Å². The number of hydrogen-bond donors (Lipinski definition) is 1. The lowest BCUT2D eigenvalue weighted by atomic mass is 10.2. The van der Waals surface area contributed by atoms with Crippen molar-refractivity contribution in [2.45, 2.75) is 24.8 Å². The first-order valence-electron chi connectivity index (χ1n) is 5.58. The minimum atomic E-state index is -3.67. The van der Waals surface area contributed by atoms with Crippen molar-refractivity contribution in [2.24, 2.45) is 0 Å². The fourth-order valence-corrected chi connectivity index (χ4v) is 3.08. The molecule has 0 fully saturated rings. The summed E-state index contributed by atoms with van der Waals surface area (Å²) < 4.78 is 31.0. The summed E-state index contributed by atoms with van der Waals surface area (Å²) in [5.41, 5.74) is 0.833. The van der Waals surface area contributed by atoms with Gasteiger partial charge in [-0.1, -0.05) is 6.07 Å². The molecule has 0 amide bonds. The van der Waals surface area contributed by atoms with Gasteiger partial charge in [0.25, 0.3) is 0 Å². The predicted octanol–water partition coefficient (Wildman–Crippen LogP) is 1.00. The molecule has 1 aromatic rings. The van der Waals surface area contributed by atoms with Gasteiger partial charge in [0.05, 0.1) is 13.7 Å². The van der Waals surface area contributed by atoms with Crippen LogP contribution >= 0.6 is 0 Å². The summed E-state index contributed by atoms with van der Waals surface area (Å²) in [6.07, 6.45) is 0. The lowest BCUT2D eigenvalue weighted by Crippen LogP contribution is -2.37. The summed E-state index contributed by atoms with van der Waals surface area (Å²) in [6.45, 7) is 3.22. The first-order valence-corrected chi connectivity index (χ1v) is 7.02. The molecule has 0 saturated heterocycles. The molecule has 0 radical (unpaired) electrons. The highest BCUT2D eigenvalue weighted by molar-refractivity contribution is 7.89. The fourth-order valence-electron chi connectivity index (χ4n) is 1.49. The Morgan fingerprint density at radius 3 is 2.56 bits per heavy atom. The van der Waals surface area contributed by atoms with Crippen molar-refractivity contribution in [1.82, 2.24) is 4.31 Å². The van der Waals surface area contributed by atoms with E-state index in [-0.39, 0.29) is 11.5 Å². The normalized spacial score (nSPS) is 13.7. The van der Waals surface area contributed by atoms with Crippen LogP contribution in [0.2, 0.25) is 0 Å². The molecule has 5 nitrogen and oxygen atoms in total. The van der Waals surface area contributed by atoms with Crippen LogP contribution in [0.3, 0.4) is 0 Å². The Balaban J connectivity index is 3.31. The van der Waals surface area contributed by atoms with Crippen LogP contribution in [0.25, 0.3) is 0 Å². The van der Waals surface area contributed by atoms with Crippen LogP contribution in [-0.2, 0) is 10.0 Å². The Morgan fingerprint density at radius 1 is 1.44 bits per heavy atom. The zero-order valence-electron chi connectivity index (χ0n) is 11.0. The molecule has 0 aromatic heterocycles. The number of aliphatic hydroxyl groups is 1. The fraction of sp³-hybridized carbons (Fsp3) is 0.500. The number of ether oxygens (including phenoxy) is 1. The summed E-state index contributed by atoms with van der Waals surface area (Å²) in [5, 5.41) is 9.06. The molecule has 0 aliphatic heterocycles. The third-order valence-corrected chi connectivity index (χ3v) is 4.85. The average molecular weight is 273 g/mol. The molecule has 0 aliphatic rings. The number of sulfonamides is 1. The van der Waals surface area contributed by atoms with Gasteiger partial charge in [0.15, 0.2) is 0 Å². The number of hydrogen-bond acceptors (Lipinski definition) is 4. The molecular weight excluding hydrogens is 254 g/mol. The molecule has 0 spiro atoms. The predicted molar refractivity (Wildman–Crippen MR) is 69.2 cm³/mol. The van der Waals surface area contributed by atoms with Crippen molar-refractivity contribution in [3.05, 3.63) is 23.8 Å². The van der Waals surface area contributed by atoms with E-state index in [4.69, 9.17) is 9.84 Å². The van der Waals surface area contributed by atoms with Crippen LogP contribution in [0.1, 0.15) is 12.5 Å². The van der Waals surface area contributed by atoms with Gasteiger partial charge in [-0.3, -0.25) is 0 Å². The molecule has 0 heterocycles. The van der Waals surface area contributed by atoms with Gasteiger partial charge in [0, 0.05) is 13.1 Å². The molecule has 1 atom stereocenters. The van der Waals surface area contributed by atoms with E-state index >= 15 is 0 Å². The van der Waals surface area contributed by atoms with Gasteiger partial charge in [0.1, 0.15) is 10.6 Å². The van der Waals surface area contributed by atoms with Crippen LogP contribution in [0.4, 0.5) is 0 Å². The Hall–Kier alpha value is -1.11. The molecule has 1 rings (SSSR count). The van der Waals surface area contributed by atoms with Crippen LogP contribution in [0.15, 0.2) is 23.1 Å². The molecule has 0 saturated carbocycles. The minimum absolute atomic E-state index is 0.118. The topological polar surface area (TPSA) is 66.8 Å². The van der Waals surface area contributed by atoms with Crippen molar-refractivity contribution in [2.75, 3.05) is 20.8 Å². The van der Waals surface area contributed by atoms with Crippen molar-refractivity contribution >= 4 is 10.0 Å². The van der Waals surface area contributed by atoms with E-state index in [1.54, 1.807) is 25.1 Å². The van der Waals surface area contributed by atoms with Gasteiger partial charge >= 0.3 is 0 Å². The third kappa shape index (κ3) is 2.82. The maximum Gasteiger partial charge on any atom is 0.246 e. The molecule has 1 unspecified atom stereocenters. The highest BCUT2D eigenvalue weighted by Crippen LogP contribution is 2.27. The lowest BCUT2D eigenvalue weighted by molar-refractivity contribution is 0.213. The second-order valence-corrected chi connectivity index (χ2v) is 6.17. The van der Waals surface area contributed by atoms with E-state index in [1.807, 2.05) is 6.92 Å². The van der Waals surface area contributed by atoms with Crippen LogP contribution in [0.5, 0.6) is 5.75 Å². The van der Waals surface area contributed by atoms with E-state index in [2.05, 4.69) is 0 Å². The van der Waals surface area contributed by atoms with Gasteiger partial charge in [-0.2, -0.15) is 4.31 Å². The van der Waals surface area contributed by atoms with Crippen molar-refractivity contribution in [3.63, 3.8) is 0 Å². The summed E-state index contributed by atoms with van der Waals surface area (Å²) in [4.78, 5) is 0.118. The average Bonchev–Trinajstić information content (AvgIpc) is 2.36. The number of likely N-dealkylation sites (N-methyl/N-ethyl adjacent to an activating group) is 1. The van der Waals surface area contributed by atoms with E-state index in [0.717, 1.165) is 9.87 Å². The molecule has 102 valence electrons. The first-order chi connectivity index (χ1) is 8.34. The number of aryl methyl sites for hydroxylation is 1. The Kier molecular flexibility index (Phi) is 4.72. The van der Waals surface area contributed by atoms with E-state index in [1.165, 1.54) is 14.2 Å². The second kappa shape index (κ2) is 5.69. The molecular formula is C12H19NO4S. The van der Waals surface area contributed by atoms with Crippen molar-refractivity contribution in [1.29, 1.82) is 0 Å². The van der Waals surface area contributed by atoms with E-state index in [9.17, 15) is 8.42 Å². The van der Waals surface area contributed by atoms with E-state index < -0.39 is 16.1 Å². The molecule has 1 aromatic carbocycles. The monoisotopic (exact) mass is 273 g/mol. The Labute approximate surface area is 108 Å². The van der Waals surface area contributed by atoms with Gasteiger partial charge in [-0.05, 0) is 31.5 Å². The van der Waals surface area contributed by atoms with Gasteiger partial charge in [-0.15, -0.1) is 0 Å². The maximum atomic E-state index is 12.4. The molecule has 0 aliphatic carbocycles. The largest absolute Gasteiger partial charge is 0.495 e. The number of rotatable bonds is 5. The quantitative estimate of drug-likeness (QED) is 0.869. The third-order valence-electron chi connectivity index (χ3n) is 2.86. The summed E-state index contributed by atoms with van der Waals surface area (Å²) in [7, 11) is -0.795. The molecule has 6 heteroatoms. The molecule has 1 N–H and O–H groups in total. The smallest absolute Gasteiger partial charge is 0.246 e. The van der Waals surface area contributed by atoms with Gasteiger partial charge < -0.3 is 9.84 Å². The second-order valence-electron chi connectivity index (χ2n) is 4.21. The highest BCUT2D eigenvalue weighted by atomic mass is 32.2. The number of nitrogens with zero attached hydrogens (tertiary/aromatic N) is 1. The number of aliphatic hydroxyl groups excluding tert-OH is 1. The van der Waals surface area contributed by atoms with Crippen LogP contribution in [0, 0.1) is 6.92 Å². The summed E-state index contributed by atoms with van der Waals surface area (Å²) >= 11 is 0. The zero-order valence-corrected chi connectivity index (χ0v) is 11.9. The SMILES string of the molecule is COc1ccc(C)cc1S(=O)(=O)N(C)C(C)CO. The Morgan fingerprint density at radius 2 is 2.06 bits per heavy atom. The zero-order chi connectivity index (χ0) is 13.9. The maximum absolute atomic E-state index is 12.4. The minimum Gasteiger partial charge on any atom is -0.495 e. The number of methoxy groups -OCH3 is 1. The summed E-state index contributed by atoms with van der Waals surface area (Å²) in [5.74, 6) is 0.303. The first kappa shape index (κ1) is 14.9. The Bertz CT molecular complexity index is 513. The molecule has 18 heavy (non-hydrogen) atoms. The van der Waals surface area contributed by atoms with Gasteiger partial charge in [0.2, 0.25) is 10.0 Å². The lowest BCUT2D eigenvalue weighted by Gasteiger charge is -2.23. The van der Waals surface area contributed by atoms with Gasteiger partial charge in [-0.25, -0.2) is 8.42 Å².